The van der Waals surface area contributed by atoms with Crippen LogP contribution < -0.4 is 9.47 Å². The van der Waals surface area contributed by atoms with E-state index >= 15 is 0 Å². The summed E-state index contributed by atoms with van der Waals surface area (Å²) in [5.41, 5.74) is -0.645. The van der Waals surface area contributed by atoms with Crippen LogP contribution in [0.3, 0.4) is 0 Å². The number of ether oxygens (including phenoxy) is 2. The van der Waals surface area contributed by atoms with Gasteiger partial charge in [0.05, 0.1) is 11.1 Å². The van der Waals surface area contributed by atoms with Gasteiger partial charge in [0.2, 0.25) is 0 Å². The van der Waals surface area contributed by atoms with Crippen molar-refractivity contribution in [2.75, 3.05) is 0 Å². The van der Waals surface area contributed by atoms with Crippen LogP contribution in [-0.4, -0.2) is 11.9 Å². The summed E-state index contributed by atoms with van der Waals surface area (Å²) in [6, 6.07) is 9.65. The molecule has 0 radical (unpaired) electrons. The molecule has 0 fully saturated rings. The van der Waals surface area contributed by atoms with Crippen molar-refractivity contribution in [3.05, 3.63) is 72.3 Å². The Morgan fingerprint density at radius 2 is 1.31 bits per heavy atom. The SMILES string of the molecule is C=CCCCCCCCCC(=O)Oc1ccc(C(=O)Oc2ccc(C(F)(F)F)cc2)cc1. The molecule has 0 saturated carbocycles. The summed E-state index contributed by atoms with van der Waals surface area (Å²) in [5.74, 6) is -0.753. The maximum atomic E-state index is 12.6. The lowest BCUT2D eigenvalue weighted by atomic mass is 10.1. The van der Waals surface area contributed by atoms with Gasteiger partial charge in [0, 0.05) is 6.42 Å². The third-order valence-electron chi connectivity index (χ3n) is 4.75. The van der Waals surface area contributed by atoms with Crippen LogP contribution in [-0.2, 0) is 11.0 Å². The predicted octanol–water partition coefficient (Wildman–Crippen LogP) is 7.14. The monoisotopic (exact) mass is 448 g/mol. The van der Waals surface area contributed by atoms with E-state index in [-0.39, 0.29) is 17.3 Å². The van der Waals surface area contributed by atoms with Crippen LogP contribution in [0.15, 0.2) is 61.2 Å². The third-order valence-corrected chi connectivity index (χ3v) is 4.75. The molecule has 0 N–H and O–H groups in total. The quantitative estimate of drug-likeness (QED) is 0.150. The molecule has 0 unspecified atom stereocenters. The number of carbonyl (C=O) groups excluding carboxylic acids is 2. The van der Waals surface area contributed by atoms with Gasteiger partial charge in [0.25, 0.3) is 0 Å². The number of benzene rings is 2. The van der Waals surface area contributed by atoms with E-state index < -0.39 is 17.7 Å². The molecule has 0 aliphatic heterocycles. The van der Waals surface area contributed by atoms with E-state index in [0.717, 1.165) is 62.8 Å². The Balaban J connectivity index is 1.73. The molecule has 7 heteroatoms. The van der Waals surface area contributed by atoms with Crippen molar-refractivity contribution in [1.82, 2.24) is 0 Å². The fraction of sp³-hybridized carbons (Fsp3) is 0.360. The molecule has 2 aromatic carbocycles. The van der Waals surface area contributed by atoms with Gasteiger partial charge in [-0.15, -0.1) is 6.58 Å². The van der Waals surface area contributed by atoms with Crippen LogP contribution >= 0.6 is 0 Å². The minimum Gasteiger partial charge on any atom is -0.427 e. The maximum absolute atomic E-state index is 12.6. The van der Waals surface area contributed by atoms with Crippen LogP contribution in [0.4, 0.5) is 13.2 Å². The minimum atomic E-state index is -4.46. The number of allylic oxidation sites excluding steroid dienone is 1. The lowest BCUT2D eigenvalue weighted by Crippen LogP contribution is -2.10. The molecule has 0 spiro atoms. The van der Waals surface area contributed by atoms with Gasteiger partial charge in [-0.05, 0) is 67.8 Å². The van der Waals surface area contributed by atoms with Crippen molar-refractivity contribution < 1.29 is 32.2 Å². The Hall–Kier alpha value is -3.09. The summed E-state index contributed by atoms with van der Waals surface area (Å²) in [4.78, 5) is 24.1. The number of halogens is 3. The summed E-state index contributed by atoms with van der Waals surface area (Å²) in [5, 5.41) is 0. The zero-order valence-corrected chi connectivity index (χ0v) is 17.8. The van der Waals surface area contributed by atoms with Crippen LogP contribution in [0.25, 0.3) is 0 Å². The number of rotatable bonds is 12. The van der Waals surface area contributed by atoms with E-state index in [9.17, 15) is 22.8 Å². The van der Waals surface area contributed by atoms with Crippen molar-refractivity contribution >= 4 is 11.9 Å². The standard InChI is InChI=1S/C25H27F3O4/c1-2-3-4-5-6-7-8-9-10-23(29)31-21-15-11-19(12-16-21)24(30)32-22-17-13-20(14-18-22)25(26,27)28/h2,11-18H,1,3-10H2. The van der Waals surface area contributed by atoms with Crippen LogP contribution in [0.1, 0.15) is 67.3 Å². The zero-order chi connectivity index (χ0) is 23.4. The second-order valence-electron chi connectivity index (χ2n) is 7.36. The van der Waals surface area contributed by atoms with Crippen molar-refractivity contribution in [2.45, 2.75) is 57.5 Å². The van der Waals surface area contributed by atoms with Gasteiger partial charge in [-0.3, -0.25) is 4.79 Å². The Morgan fingerprint density at radius 3 is 1.91 bits per heavy atom. The van der Waals surface area contributed by atoms with Gasteiger partial charge in [0.1, 0.15) is 11.5 Å². The van der Waals surface area contributed by atoms with E-state index in [4.69, 9.17) is 9.47 Å². The van der Waals surface area contributed by atoms with Gasteiger partial charge in [-0.2, -0.15) is 13.2 Å². The van der Waals surface area contributed by atoms with Crippen LogP contribution in [0.5, 0.6) is 11.5 Å². The highest BCUT2D eigenvalue weighted by Crippen LogP contribution is 2.30. The summed E-state index contributed by atoms with van der Waals surface area (Å²) < 4.78 is 48.1. The van der Waals surface area contributed by atoms with Crippen molar-refractivity contribution in [3.63, 3.8) is 0 Å². The molecule has 0 bridgehead atoms. The van der Waals surface area contributed by atoms with Crippen LogP contribution in [0, 0.1) is 0 Å². The maximum Gasteiger partial charge on any atom is 0.416 e. The first-order valence-electron chi connectivity index (χ1n) is 10.6. The first kappa shape index (κ1) is 25.2. The summed E-state index contributed by atoms with van der Waals surface area (Å²) in [7, 11) is 0. The molecule has 32 heavy (non-hydrogen) atoms. The molecule has 0 amide bonds. The average molecular weight is 448 g/mol. The van der Waals surface area contributed by atoms with Crippen molar-refractivity contribution in [1.29, 1.82) is 0 Å². The molecule has 2 rings (SSSR count). The Kier molecular flexibility index (Phi) is 9.98. The van der Waals surface area contributed by atoms with E-state index in [1.807, 2.05) is 6.08 Å². The number of hydrogen-bond donors (Lipinski definition) is 0. The zero-order valence-electron chi connectivity index (χ0n) is 17.8. The molecule has 0 aromatic heterocycles. The van der Waals surface area contributed by atoms with E-state index in [0.29, 0.717) is 12.2 Å². The average Bonchev–Trinajstić information content (AvgIpc) is 2.76. The molecular weight excluding hydrogens is 421 g/mol. The second-order valence-corrected chi connectivity index (χ2v) is 7.36. The third kappa shape index (κ3) is 8.96. The van der Waals surface area contributed by atoms with E-state index in [1.165, 1.54) is 30.7 Å². The number of alkyl halides is 3. The molecular formula is C25H27F3O4. The molecule has 0 atom stereocenters. The Bertz CT molecular complexity index is 872. The van der Waals surface area contributed by atoms with Gasteiger partial charge in [0.15, 0.2) is 0 Å². The molecule has 2 aromatic rings. The van der Waals surface area contributed by atoms with Crippen molar-refractivity contribution in [3.8, 4) is 11.5 Å². The number of unbranched alkanes of at least 4 members (excludes halogenated alkanes) is 6. The molecule has 4 nitrogen and oxygen atoms in total. The molecule has 172 valence electrons. The van der Waals surface area contributed by atoms with Gasteiger partial charge < -0.3 is 9.47 Å². The lowest BCUT2D eigenvalue weighted by molar-refractivity contribution is -0.137. The summed E-state index contributed by atoms with van der Waals surface area (Å²) in [6.45, 7) is 3.70. The first-order valence-corrected chi connectivity index (χ1v) is 10.6. The van der Waals surface area contributed by atoms with E-state index in [1.54, 1.807) is 0 Å². The smallest absolute Gasteiger partial charge is 0.416 e. The minimum absolute atomic E-state index is 0.000732. The van der Waals surface area contributed by atoms with Gasteiger partial charge in [-0.1, -0.05) is 31.8 Å². The first-order chi connectivity index (χ1) is 15.3. The number of carbonyl (C=O) groups is 2. The fourth-order valence-corrected chi connectivity index (χ4v) is 2.98. The highest BCUT2D eigenvalue weighted by Gasteiger charge is 2.30. The summed E-state index contributed by atoms with van der Waals surface area (Å²) in [6.07, 6.45) is 5.11. The summed E-state index contributed by atoms with van der Waals surface area (Å²) >= 11 is 0. The van der Waals surface area contributed by atoms with Crippen molar-refractivity contribution in [2.24, 2.45) is 0 Å². The van der Waals surface area contributed by atoms with Gasteiger partial charge in [-0.25, -0.2) is 4.79 Å². The van der Waals surface area contributed by atoms with E-state index in [2.05, 4.69) is 6.58 Å². The lowest BCUT2D eigenvalue weighted by Gasteiger charge is -2.09. The normalized spacial score (nSPS) is 11.1. The Labute approximate surface area is 186 Å². The molecule has 0 saturated heterocycles. The van der Waals surface area contributed by atoms with Crippen LogP contribution in [0.2, 0.25) is 0 Å². The highest BCUT2D eigenvalue weighted by atomic mass is 19.4. The predicted molar refractivity (Wildman–Crippen MR) is 116 cm³/mol. The largest absolute Gasteiger partial charge is 0.427 e. The fourth-order valence-electron chi connectivity index (χ4n) is 2.98. The van der Waals surface area contributed by atoms with Gasteiger partial charge >= 0.3 is 18.1 Å². The number of hydrogen-bond acceptors (Lipinski definition) is 4. The highest BCUT2D eigenvalue weighted by molar-refractivity contribution is 5.91. The second kappa shape index (κ2) is 12.7. The Morgan fingerprint density at radius 1 is 0.781 bits per heavy atom. The molecule has 0 heterocycles. The number of esters is 2. The topological polar surface area (TPSA) is 52.6 Å². The molecule has 0 aliphatic carbocycles. The molecule has 0 aliphatic rings.